The molecule has 0 bridgehead atoms. The van der Waals surface area contributed by atoms with E-state index in [0.29, 0.717) is 11.1 Å². The number of aromatic nitrogens is 2. The van der Waals surface area contributed by atoms with Crippen molar-refractivity contribution >= 4 is 27.8 Å². The van der Waals surface area contributed by atoms with Gasteiger partial charge in [-0.2, -0.15) is 5.10 Å². The SMILES string of the molecule is CCc1ccc(-c2n[nH]c(=O)c3cc([N+](=O)[O-])ccc23)s1. The summed E-state index contributed by atoms with van der Waals surface area (Å²) in [6.07, 6.45) is 0.928. The molecule has 0 atom stereocenters. The van der Waals surface area contributed by atoms with Crippen molar-refractivity contribution in [3.8, 4) is 10.6 Å². The summed E-state index contributed by atoms with van der Waals surface area (Å²) in [7, 11) is 0. The molecule has 1 N–H and O–H groups in total. The van der Waals surface area contributed by atoms with Crippen molar-refractivity contribution in [2.45, 2.75) is 13.3 Å². The Bertz CT molecular complexity index is 898. The fourth-order valence-electron chi connectivity index (χ4n) is 2.15. The molecule has 0 aliphatic carbocycles. The minimum atomic E-state index is -0.515. The number of nitro groups is 1. The van der Waals surface area contributed by atoms with Crippen LogP contribution in [0.25, 0.3) is 21.3 Å². The zero-order valence-corrected chi connectivity index (χ0v) is 11.9. The Balaban J connectivity index is 2.27. The maximum absolute atomic E-state index is 11.9. The van der Waals surface area contributed by atoms with Gasteiger partial charge in [-0.3, -0.25) is 14.9 Å². The molecule has 106 valence electrons. The number of aryl methyl sites for hydroxylation is 1. The van der Waals surface area contributed by atoms with Gasteiger partial charge in [-0.05, 0) is 24.6 Å². The van der Waals surface area contributed by atoms with Crippen molar-refractivity contribution in [3.63, 3.8) is 0 Å². The van der Waals surface area contributed by atoms with E-state index in [-0.39, 0.29) is 11.1 Å². The molecule has 3 rings (SSSR count). The fourth-order valence-corrected chi connectivity index (χ4v) is 3.10. The number of rotatable bonds is 3. The maximum Gasteiger partial charge on any atom is 0.272 e. The number of hydrogen-bond acceptors (Lipinski definition) is 5. The van der Waals surface area contributed by atoms with Crippen molar-refractivity contribution in [1.29, 1.82) is 0 Å². The monoisotopic (exact) mass is 301 g/mol. The number of aromatic amines is 1. The lowest BCUT2D eigenvalue weighted by Crippen LogP contribution is -2.09. The van der Waals surface area contributed by atoms with Crippen LogP contribution in [0.5, 0.6) is 0 Å². The first-order valence-electron chi connectivity index (χ1n) is 6.36. The van der Waals surface area contributed by atoms with Gasteiger partial charge in [0.2, 0.25) is 0 Å². The third-order valence-electron chi connectivity index (χ3n) is 3.23. The van der Waals surface area contributed by atoms with E-state index >= 15 is 0 Å². The predicted molar refractivity (Wildman–Crippen MR) is 81.7 cm³/mol. The van der Waals surface area contributed by atoms with Crippen LogP contribution in [0.15, 0.2) is 35.1 Å². The molecule has 0 aliphatic heterocycles. The Kier molecular flexibility index (Phi) is 3.26. The largest absolute Gasteiger partial charge is 0.272 e. The summed E-state index contributed by atoms with van der Waals surface area (Å²) in [6.45, 7) is 2.07. The van der Waals surface area contributed by atoms with Gasteiger partial charge in [0.15, 0.2) is 0 Å². The second kappa shape index (κ2) is 5.10. The van der Waals surface area contributed by atoms with Crippen molar-refractivity contribution in [3.05, 3.63) is 55.7 Å². The summed E-state index contributed by atoms with van der Waals surface area (Å²) >= 11 is 1.60. The van der Waals surface area contributed by atoms with E-state index in [9.17, 15) is 14.9 Å². The van der Waals surface area contributed by atoms with E-state index in [1.807, 2.05) is 12.1 Å². The molecular weight excluding hydrogens is 290 g/mol. The second-order valence-electron chi connectivity index (χ2n) is 4.51. The highest BCUT2D eigenvalue weighted by Crippen LogP contribution is 2.31. The summed E-state index contributed by atoms with van der Waals surface area (Å²) in [5.74, 6) is 0. The molecular formula is C14H11N3O3S. The highest BCUT2D eigenvalue weighted by molar-refractivity contribution is 7.15. The zero-order chi connectivity index (χ0) is 15.0. The molecule has 0 spiro atoms. The Morgan fingerprint density at radius 3 is 2.76 bits per heavy atom. The highest BCUT2D eigenvalue weighted by atomic mass is 32.1. The first kappa shape index (κ1) is 13.4. The normalized spacial score (nSPS) is 10.9. The molecule has 0 amide bonds. The standard InChI is InChI=1S/C14H11N3O3S/c1-2-9-4-6-12(21-9)13-10-5-3-8(17(19)20)7-11(10)14(18)16-15-13/h3-7H,2H2,1H3,(H,16,18). The van der Waals surface area contributed by atoms with Crippen LogP contribution >= 0.6 is 11.3 Å². The lowest BCUT2D eigenvalue weighted by molar-refractivity contribution is -0.384. The predicted octanol–water partition coefficient (Wildman–Crippen LogP) is 3.12. The number of hydrogen-bond donors (Lipinski definition) is 1. The first-order valence-corrected chi connectivity index (χ1v) is 7.17. The van der Waals surface area contributed by atoms with Gasteiger partial charge in [0, 0.05) is 22.4 Å². The average Bonchev–Trinajstić information content (AvgIpc) is 2.96. The quantitative estimate of drug-likeness (QED) is 0.594. The molecule has 2 heterocycles. The Hall–Kier alpha value is -2.54. The second-order valence-corrected chi connectivity index (χ2v) is 5.68. The smallest absolute Gasteiger partial charge is 0.267 e. The summed E-state index contributed by atoms with van der Waals surface area (Å²) in [6, 6.07) is 8.22. The topological polar surface area (TPSA) is 88.9 Å². The van der Waals surface area contributed by atoms with Crippen LogP contribution in [0.1, 0.15) is 11.8 Å². The van der Waals surface area contributed by atoms with E-state index in [2.05, 4.69) is 17.1 Å². The van der Waals surface area contributed by atoms with Crippen LogP contribution in [0.4, 0.5) is 5.69 Å². The number of nitro benzene ring substituents is 1. The third kappa shape index (κ3) is 2.31. The minimum absolute atomic E-state index is 0.106. The number of benzene rings is 1. The van der Waals surface area contributed by atoms with Crippen molar-refractivity contribution in [1.82, 2.24) is 10.2 Å². The molecule has 3 aromatic rings. The molecule has 0 aliphatic rings. The highest BCUT2D eigenvalue weighted by Gasteiger charge is 2.14. The van der Waals surface area contributed by atoms with Gasteiger partial charge >= 0.3 is 0 Å². The third-order valence-corrected chi connectivity index (χ3v) is 4.46. The molecule has 6 nitrogen and oxygen atoms in total. The molecule has 21 heavy (non-hydrogen) atoms. The van der Waals surface area contributed by atoms with Gasteiger partial charge in [0.1, 0.15) is 5.69 Å². The van der Waals surface area contributed by atoms with Gasteiger partial charge in [-0.25, -0.2) is 5.10 Å². The molecule has 0 saturated heterocycles. The molecule has 0 unspecified atom stereocenters. The number of non-ortho nitro benzene ring substituents is 1. The van der Waals surface area contributed by atoms with Gasteiger partial charge < -0.3 is 0 Å². The van der Waals surface area contributed by atoms with Crippen LogP contribution in [0.2, 0.25) is 0 Å². The van der Waals surface area contributed by atoms with E-state index in [0.717, 1.165) is 11.3 Å². The van der Waals surface area contributed by atoms with E-state index in [4.69, 9.17) is 0 Å². The molecule has 0 saturated carbocycles. The van der Waals surface area contributed by atoms with Crippen molar-refractivity contribution in [2.75, 3.05) is 0 Å². The van der Waals surface area contributed by atoms with E-state index in [1.165, 1.54) is 17.0 Å². The Morgan fingerprint density at radius 1 is 1.29 bits per heavy atom. The maximum atomic E-state index is 11.9. The van der Waals surface area contributed by atoms with Crippen LogP contribution in [-0.2, 0) is 6.42 Å². The molecule has 1 aromatic carbocycles. The number of nitrogens with one attached hydrogen (secondary N) is 1. The summed E-state index contributed by atoms with van der Waals surface area (Å²) in [4.78, 5) is 24.3. The Labute approximate surface area is 123 Å². The van der Waals surface area contributed by atoms with Gasteiger partial charge in [-0.15, -0.1) is 11.3 Å². The van der Waals surface area contributed by atoms with Crippen molar-refractivity contribution < 1.29 is 4.92 Å². The van der Waals surface area contributed by atoms with Crippen LogP contribution in [0, 0.1) is 10.1 Å². The lowest BCUT2D eigenvalue weighted by Gasteiger charge is -2.02. The Morgan fingerprint density at radius 2 is 2.10 bits per heavy atom. The first-order chi connectivity index (χ1) is 10.1. The van der Waals surface area contributed by atoms with Crippen LogP contribution < -0.4 is 5.56 Å². The number of thiophene rings is 1. The average molecular weight is 301 g/mol. The fraction of sp³-hybridized carbons (Fsp3) is 0.143. The van der Waals surface area contributed by atoms with Crippen LogP contribution in [0.3, 0.4) is 0 Å². The molecule has 0 radical (unpaired) electrons. The van der Waals surface area contributed by atoms with E-state index in [1.54, 1.807) is 17.4 Å². The van der Waals surface area contributed by atoms with Gasteiger partial charge in [0.05, 0.1) is 15.2 Å². The van der Waals surface area contributed by atoms with Crippen LogP contribution in [-0.4, -0.2) is 15.1 Å². The summed E-state index contributed by atoms with van der Waals surface area (Å²) in [5.41, 5.74) is 0.111. The number of H-pyrrole nitrogens is 1. The van der Waals surface area contributed by atoms with Gasteiger partial charge in [-0.1, -0.05) is 6.92 Å². The summed E-state index contributed by atoms with van der Waals surface area (Å²) in [5, 5.41) is 18.2. The molecule has 2 aromatic heterocycles. The molecule has 7 heteroatoms. The number of nitrogens with zero attached hydrogens (tertiary/aromatic N) is 2. The van der Waals surface area contributed by atoms with Crippen molar-refractivity contribution in [2.24, 2.45) is 0 Å². The zero-order valence-electron chi connectivity index (χ0n) is 11.1. The van der Waals surface area contributed by atoms with Gasteiger partial charge in [0.25, 0.3) is 11.2 Å². The lowest BCUT2D eigenvalue weighted by atomic mass is 10.1. The minimum Gasteiger partial charge on any atom is -0.267 e. The van der Waals surface area contributed by atoms with E-state index < -0.39 is 10.5 Å². The summed E-state index contributed by atoms with van der Waals surface area (Å²) < 4.78 is 0. The molecule has 0 fully saturated rings. The number of fused-ring (bicyclic) bond motifs is 1.